The second kappa shape index (κ2) is 6.83. The molecule has 0 saturated heterocycles. The van der Waals surface area contributed by atoms with Crippen molar-refractivity contribution in [1.82, 2.24) is 0 Å². The van der Waals surface area contributed by atoms with Crippen molar-refractivity contribution in [3.63, 3.8) is 0 Å². The fourth-order valence-electron chi connectivity index (χ4n) is 0.392. The highest BCUT2D eigenvalue weighted by Crippen LogP contribution is 1.93. The summed E-state index contributed by atoms with van der Waals surface area (Å²) in [4.78, 5) is 0. The smallest absolute Gasteiger partial charge is 0.427 e. The van der Waals surface area contributed by atoms with Gasteiger partial charge in [0, 0.05) is 11.0 Å². The number of rotatable bonds is 5. The molecule has 0 bridgehead atoms. The van der Waals surface area contributed by atoms with Crippen LogP contribution in [0.3, 0.4) is 0 Å². The molecule has 1 N–H and O–H groups in total. The Kier molecular flexibility index (Phi) is 7.37. The van der Waals surface area contributed by atoms with Gasteiger partial charge in [0.25, 0.3) is 0 Å². The Morgan fingerprint density at radius 1 is 1.67 bits per heavy atom. The zero-order valence-corrected chi connectivity index (χ0v) is 7.80. The molecule has 2 nitrogen and oxygen atoms in total. The van der Waals surface area contributed by atoms with E-state index in [1.165, 1.54) is 0 Å². The van der Waals surface area contributed by atoms with E-state index in [0.29, 0.717) is 12.9 Å². The molecule has 0 spiro atoms. The van der Waals surface area contributed by atoms with Gasteiger partial charge in [-0.15, -0.1) is 0 Å². The molecule has 54 valence electrons. The van der Waals surface area contributed by atoms with Crippen LogP contribution in [0.2, 0.25) is 6.32 Å². The summed E-state index contributed by atoms with van der Waals surface area (Å²) in [6.45, 7) is 2.58. The van der Waals surface area contributed by atoms with Gasteiger partial charge in [0.05, 0.1) is 0 Å². The molecule has 0 heterocycles. The first-order chi connectivity index (χ1) is 4.31. The van der Waals surface area contributed by atoms with E-state index < -0.39 is 7.12 Å². The quantitative estimate of drug-likeness (QED) is 0.341. The molecule has 0 fully saturated rings. The number of hydrogen-bond donors (Lipinski definition) is 1. The Bertz CT molecular complexity index is 62.9. The fourth-order valence-corrected chi connectivity index (χ4v) is 0.703. The maximum atomic E-state index is 8.86. The van der Waals surface area contributed by atoms with Crippen LogP contribution in [0.15, 0.2) is 0 Å². The van der Waals surface area contributed by atoms with Crippen molar-refractivity contribution < 1.29 is 9.68 Å². The summed E-state index contributed by atoms with van der Waals surface area (Å²) in [6.07, 6.45) is 1.71. The lowest BCUT2D eigenvalue weighted by molar-refractivity contribution is 0.261. The lowest BCUT2D eigenvalue weighted by atomic mass is 9.87. The fraction of sp³-hybridized carbons (Fsp3) is 1.00. The zero-order chi connectivity index (χ0) is 7.11. The Morgan fingerprint density at radius 2 is 2.33 bits per heavy atom. The van der Waals surface area contributed by atoms with Crippen LogP contribution >= 0.6 is 22.6 Å². The summed E-state index contributed by atoms with van der Waals surface area (Å²) < 4.78 is 6.07. The van der Waals surface area contributed by atoms with Crippen molar-refractivity contribution in [3.05, 3.63) is 0 Å². The molecule has 0 aliphatic carbocycles. The van der Waals surface area contributed by atoms with E-state index in [4.69, 9.17) is 9.68 Å². The van der Waals surface area contributed by atoms with Gasteiger partial charge >= 0.3 is 7.12 Å². The summed E-state index contributed by atoms with van der Waals surface area (Å²) in [5.41, 5.74) is 0. The van der Waals surface area contributed by atoms with Gasteiger partial charge in [-0.05, 0) is 12.7 Å². The maximum absolute atomic E-state index is 8.86. The van der Waals surface area contributed by atoms with E-state index in [1.54, 1.807) is 0 Å². The van der Waals surface area contributed by atoms with Gasteiger partial charge in [-0.25, -0.2) is 0 Å². The highest BCUT2D eigenvalue weighted by atomic mass is 127. The van der Waals surface area contributed by atoms with Gasteiger partial charge in [-0.2, -0.15) is 0 Å². The van der Waals surface area contributed by atoms with Gasteiger partial charge in [-0.1, -0.05) is 29.5 Å². The first kappa shape index (κ1) is 9.71. The molecule has 4 heteroatoms. The predicted molar refractivity (Wildman–Crippen MR) is 47.9 cm³/mol. The van der Waals surface area contributed by atoms with Crippen LogP contribution < -0.4 is 0 Å². The van der Waals surface area contributed by atoms with E-state index in [1.807, 2.05) is 6.92 Å². The van der Waals surface area contributed by atoms with Gasteiger partial charge in [0.1, 0.15) is 0 Å². The topological polar surface area (TPSA) is 29.5 Å². The molecule has 0 amide bonds. The molecule has 0 saturated carbocycles. The molecule has 0 aliphatic rings. The normalized spacial score (nSPS) is 9.67. The highest BCUT2D eigenvalue weighted by Gasteiger charge is 2.06. The van der Waals surface area contributed by atoms with Crippen molar-refractivity contribution in [2.45, 2.75) is 19.7 Å². The Hall–Kier alpha value is 0.715. The van der Waals surface area contributed by atoms with E-state index in [9.17, 15) is 0 Å². The standard InChI is InChI=1S/C5H12BIO2/c1-2-6(8)9-5-3-4-7/h8H,2-5H2,1H3. The van der Waals surface area contributed by atoms with Gasteiger partial charge in [0.2, 0.25) is 0 Å². The SMILES string of the molecule is CCB(O)OCCCI. The van der Waals surface area contributed by atoms with Gasteiger partial charge < -0.3 is 9.68 Å². The van der Waals surface area contributed by atoms with Crippen LogP contribution in [-0.2, 0) is 4.65 Å². The third-order valence-corrected chi connectivity index (χ3v) is 1.70. The summed E-state index contributed by atoms with van der Waals surface area (Å²) in [5.74, 6) is 0. The summed E-state index contributed by atoms with van der Waals surface area (Å²) in [7, 11) is -0.548. The third kappa shape index (κ3) is 6.60. The summed E-state index contributed by atoms with van der Waals surface area (Å²) in [5, 5.41) is 8.86. The summed E-state index contributed by atoms with van der Waals surface area (Å²) >= 11 is 2.28. The molecular formula is C5H12BIO2. The highest BCUT2D eigenvalue weighted by molar-refractivity contribution is 14.1. The average Bonchev–Trinajstić information content (AvgIpc) is 1.89. The van der Waals surface area contributed by atoms with E-state index in [-0.39, 0.29) is 0 Å². The zero-order valence-electron chi connectivity index (χ0n) is 5.64. The van der Waals surface area contributed by atoms with Crippen molar-refractivity contribution in [2.75, 3.05) is 11.0 Å². The minimum atomic E-state index is -0.548. The predicted octanol–water partition coefficient (Wildman–Crippen LogP) is 1.33. The monoisotopic (exact) mass is 242 g/mol. The molecule has 0 unspecified atom stereocenters. The van der Waals surface area contributed by atoms with Crippen LogP contribution in [-0.4, -0.2) is 23.2 Å². The van der Waals surface area contributed by atoms with Crippen molar-refractivity contribution in [3.8, 4) is 0 Å². The van der Waals surface area contributed by atoms with Crippen LogP contribution in [0.25, 0.3) is 0 Å². The molecule has 0 atom stereocenters. The second-order valence-corrected chi connectivity index (χ2v) is 2.85. The first-order valence-electron chi connectivity index (χ1n) is 3.17. The van der Waals surface area contributed by atoms with Crippen molar-refractivity contribution >= 4 is 29.7 Å². The van der Waals surface area contributed by atoms with E-state index in [2.05, 4.69) is 22.6 Å². The molecule has 9 heavy (non-hydrogen) atoms. The second-order valence-electron chi connectivity index (χ2n) is 1.78. The molecule has 0 aliphatic heterocycles. The first-order valence-corrected chi connectivity index (χ1v) is 4.69. The molecule has 0 aromatic heterocycles. The van der Waals surface area contributed by atoms with Crippen LogP contribution in [0, 0.1) is 0 Å². The van der Waals surface area contributed by atoms with Gasteiger partial charge in [-0.3, -0.25) is 0 Å². The largest absolute Gasteiger partial charge is 0.453 e. The van der Waals surface area contributed by atoms with Crippen LogP contribution in [0.5, 0.6) is 0 Å². The number of halogens is 1. The minimum Gasteiger partial charge on any atom is -0.427 e. The summed E-state index contributed by atoms with van der Waals surface area (Å²) in [6, 6.07) is 0. The van der Waals surface area contributed by atoms with Crippen molar-refractivity contribution in [2.24, 2.45) is 0 Å². The van der Waals surface area contributed by atoms with E-state index >= 15 is 0 Å². The molecule has 0 aromatic rings. The number of hydrogen-bond acceptors (Lipinski definition) is 2. The van der Waals surface area contributed by atoms with E-state index in [0.717, 1.165) is 10.8 Å². The van der Waals surface area contributed by atoms with Crippen molar-refractivity contribution in [1.29, 1.82) is 0 Å². The Morgan fingerprint density at radius 3 is 2.78 bits per heavy atom. The molecule has 0 radical (unpaired) electrons. The minimum absolute atomic E-state index is 0.548. The lowest BCUT2D eigenvalue weighted by Crippen LogP contribution is -2.16. The number of alkyl halides is 1. The molecular weight excluding hydrogens is 230 g/mol. The third-order valence-electron chi connectivity index (χ3n) is 0.937. The lowest BCUT2D eigenvalue weighted by Gasteiger charge is -2.02. The molecule has 0 rings (SSSR count). The van der Waals surface area contributed by atoms with Crippen LogP contribution in [0.4, 0.5) is 0 Å². The van der Waals surface area contributed by atoms with Gasteiger partial charge in [0.15, 0.2) is 0 Å². The van der Waals surface area contributed by atoms with Crippen LogP contribution in [0.1, 0.15) is 13.3 Å². The maximum Gasteiger partial charge on any atom is 0.453 e. The molecule has 0 aromatic carbocycles. The Labute approximate surface area is 70.3 Å². The average molecular weight is 242 g/mol. The Balaban J connectivity index is 2.88.